The summed E-state index contributed by atoms with van der Waals surface area (Å²) in [6.45, 7) is -0.0604. The van der Waals surface area contributed by atoms with Gasteiger partial charge >= 0.3 is 5.97 Å². The minimum Gasteiger partial charge on any atom is -0.461 e. The van der Waals surface area contributed by atoms with Gasteiger partial charge in [0.25, 0.3) is 0 Å². The van der Waals surface area contributed by atoms with Crippen LogP contribution < -0.4 is 5.73 Å². The molecule has 0 aromatic heterocycles. The summed E-state index contributed by atoms with van der Waals surface area (Å²) in [5.74, 6) is -0.625. The first-order valence-corrected chi connectivity index (χ1v) is 6.69. The van der Waals surface area contributed by atoms with Crippen LogP contribution >= 0.6 is 27.5 Å². The molecule has 2 N–H and O–H groups in total. The van der Waals surface area contributed by atoms with E-state index in [1.807, 2.05) is 0 Å². The Morgan fingerprint density at radius 2 is 2.26 bits per heavy atom. The maximum absolute atomic E-state index is 12.8. The Kier molecular flexibility index (Phi) is 6.24. The lowest BCUT2D eigenvalue weighted by Gasteiger charge is -2.11. The predicted molar refractivity (Wildman–Crippen MR) is 74.4 cm³/mol. The third-order valence-electron chi connectivity index (χ3n) is 2.26. The number of rotatable bonds is 6. The Morgan fingerprint density at radius 3 is 2.84 bits per heavy atom. The molecule has 0 saturated carbocycles. The van der Waals surface area contributed by atoms with Crippen LogP contribution in [-0.4, -0.2) is 29.9 Å². The van der Waals surface area contributed by atoms with Crippen LogP contribution in [0.2, 0.25) is 5.02 Å². The van der Waals surface area contributed by atoms with Gasteiger partial charge in [0, 0.05) is 17.1 Å². The Labute approximate surface area is 123 Å². The molecule has 0 aliphatic carbocycles. The molecule has 0 bridgehead atoms. The maximum atomic E-state index is 12.8. The second kappa shape index (κ2) is 7.45. The molecule has 0 spiro atoms. The maximum Gasteiger partial charge on any atom is 0.340 e. The minimum absolute atomic E-state index is 0.0604. The van der Waals surface area contributed by atoms with Gasteiger partial charge < -0.3 is 15.3 Å². The summed E-state index contributed by atoms with van der Waals surface area (Å²) in [7, 11) is 0. The van der Waals surface area contributed by atoms with E-state index in [9.17, 15) is 14.0 Å². The summed E-state index contributed by atoms with van der Waals surface area (Å²) >= 11 is 8.83. The van der Waals surface area contributed by atoms with Gasteiger partial charge in [0.15, 0.2) is 12.5 Å². The summed E-state index contributed by atoms with van der Waals surface area (Å²) in [6, 6.07) is 4.41. The number of hydrogen-bond donors (Lipinski definition) is 1. The zero-order valence-electron chi connectivity index (χ0n) is 9.81. The molecule has 104 valence electrons. The Bertz CT molecular complexity index is 472. The molecule has 0 unspecified atom stereocenters. The molecule has 0 aliphatic rings. The van der Waals surface area contributed by atoms with Crippen molar-refractivity contribution in [1.29, 1.82) is 0 Å². The highest BCUT2D eigenvalue weighted by Crippen LogP contribution is 2.19. The molecule has 7 heteroatoms. The summed E-state index contributed by atoms with van der Waals surface area (Å²) in [5.41, 5.74) is 6.03. The molecule has 0 amide bonds. The molecule has 0 heterocycles. The van der Waals surface area contributed by atoms with Gasteiger partial charge in [0.05, 0.1) is 10.4 Å². The van der Waals surface area contributed by atoms with Crippen molar-refractivity contribution in [2.75, 3.05) is 12.3 Å². The number of carbonyl (C=O) groups excluding carboxylic acids is 2. The van der Waals surface area contributed by atoms with E-state index in [0.717, 1.165) is 0 Å². The highest BCUT2D eigenvalue weighted by atomic mass is 79.9. The molecule has 4 nitrogen and oxygen atoms in total. The van der Waals surface area contributed by atoms with E-state index in [4.69, 9.17) is 22.1 Å². The van der Waals surface area contributed by atoms with Crippen LogP contribution in [0.3, 0.4) is 0 Å². The second-order valence-corrected chi connectivity index (χ2v) is 5.55. The van der Waals surface area contributed by atoms with E-state index in [0.29, 0.717) is 5.02 Å². The minimum atomic E-state index is -1.58. The van der Waals surface area contributed by atoms with Crippen LogP contribution in [0.4, 0.5) is 10.1 Å². The molecular weight excluding hydrogens is 340 g/mol. The van der Waals surface area contributed by atoms with Crippen molar-refractivity contribution in [3.05, 3.63) is 28.8 Å². The number of anilines is 1. The van der Waals surface area contributed by atoms with E-state index in [2.05, 4.69) is 15.9 Å². The largest absolute Gasteiger partial charge is 0.461 e. The number of hydrogen-bond acceptors (Lipinski definition) is 4. The number of benzene rings is 1. The molecule has 0 fully saturated rings. The lowest BCUT2D eigenvalue weighted by molar-refractivity contribution is -0.112. The van der Waals surface area contributed by atoms with Crippen molar-refractivity contribution in [3.8, 4) is 0 Å². The second-order valence-electron chi connectivity index (χ2n) is 3.82. The number of aldehydes is 1. The third-order valence-corrected chi connectivity index (χ3v) is 3.13. The first kappa shape index (κ1) is 15.9. The number of nitrogen functional groups attached to an aromatic ring is 1. The normalized spacial score (nSPS) is 13.6. The fourth-order valence-corrected chi connectivity index (χ4v) is 2.00. The van der Waals surface area contributed by atoms with Crippen LogP contribution in [-0.2, 0) is 9.53 Å². The molecule has 0 aliphatic heterocycles. The van der Waals surface area contributed by atoms with E-state index < -0.39 is 17.0 Å². The Morgan fingerprint density at radius 1 is 1.58 bits per heavy atom. The topological polar surface area (TPSA) is 69.4 Å². The van der Waals surface area contributed by atoms with E-state index >= 15 is 0 Å². The molecule has 0 radical (unpaired) electrons. The van der Waals surface area contributed by atoms with Gasteiger partial charge in [-0.15, -0.1) is 0 Å². The molecular formula is C12H12BrClFNO3. The van der Waals surface area contributed by atoms with E-state index in [-0.39, 0.29) is 30.6 Å². The molecule has 1 rings (SSSR count). The fourth-order valence-electron chi connectivity index (χ4n) is 1.33. The molecule has 19 heavy (non-hydrogen) atoms. The van der Waals surface area contributed by atoms with E-state index in [1.165, 1.54) is 18.2 Å². The van der Waals surface area contributed by atoms with Crippen LogP contribution in [0.1, 0.15) is 16.8 Å². The van der Waals surface area contributed by atoms with Crippen molar-refractivity contribution in [2.24, 2.45) is 0 Å². The number of halogens is 3. The molecule has 2 atom stereocenters. The van der Waals surface area contributed by atoms with Gasteiger partial charge in [0.2, 0.25) is 0 Å². The van der Waals surface area contributed by atoms with Gasteiger partial charge in [-0.05, 0) is 18.2 Å². The van der Waals surface area contributed by atoms with Gasteiger partial charge in [-0.1, -0.05) is 27.5 Å². The van der Waals surface area contributed by atoms with Gasteiger partial charge in [0.1, 0.15) is 6.61 Å². The molecule has 1 aromatic carbocycles. The van der Waals surface area contributed by atoms with Crippen molar-refractivity contribution < 1.29 is 18.7 Å². The number of esters is 1. The average Bonchev–Trinajstić information content (AvgIpc) is 2.35. The number of alkyl halides is 2. The highest BCUT2D eigenvalue weighted by Gasteiger charge is 2.16. The van der Waals surface area contributed by atoms with Crippen molar-refractivity contribution in [2.45, 2.75) is 17.4 Å². The first-order chi connectivity index (χ1) is 8.93. The smallest absolute Gasteiger partial charge is 0.340 e. The summed E-state index contributed by atoms with van der Waals surface area (Å²) in [4.78, 5) is 21.4. The Balaban J connectivity index is 2.53. The predicted octanol–water partition coefficient (Wildman–Crippen LogP) is 2.77. The summed E-state index contributed by atoms with van der Waals surface area (Å²) in [6.07, 6.45) is -1.44. The average molecular weight is 353 g/mol. The summed E-state index contributed by atoms with van der Waals surface area (Å²) in [5, 5.41) is 0.415. The van der Waals surface area contributed by atoms with Gasteiger partial charge in [-0.2, -0.15) is 0 Å². The van der Waals surface area contributed by atoms with Gasteiger partial charge in [-0.3, -0.25) is 0 Å². The SMILES string of the molecule is Nc1cc(Cl)ccc1C(=O)OC[C@H](Br)C[C@H](F)C=O. The lowest BCUT2D eigenvalue weighted by Crippen LogP contribution is -2.19. The fraction of sp³-hybridized carbons (Fsp3) is 0.333. The third kappa shape index (κ3) is 5.16. The lowest BCUT2D eigenvalue weighted by atomic mass is 10.2. The van der Waals surface area contributed by atoms with E-state index in [1.54, 1.807) is 0 Å². The zero-order chi connectivity index (χ0) is 14.4. The molecule has 0 saturated heterocycles. The molecule has 1 aromatic rings. The monoisotopic (exact) mass is 351 g/mol. The number of nitrogens with two attached hydrogens (primary N) is 1. The number of carbonyl (C=O) groups is 2. The summed E-state index contributed by atoms with van der Waals surface area (Å²) < 4.78 is 17.7. The standard InChI is InChI=1S/C12H12BrClFNO3/c13-7(3-9(15)5-17)6-19-12(18)10-2-1-8(14)4-11(10)16/h1-2,4-5,7,9H,3,6,16H2/t7-,9+/m1/s1. The van der Waals surface area contributed by atoms with Crippen LogP contribution in [0.15, 0.2) is 18.2 Å². The van der Waals surface area contributed by atoms with Gasteiger partial charge in [-0.25, -0.2) is 9.18 Å². The zero-order valence-corrected chi connectivity index (χ0v) is 12.2. The van der Waals surface area contributed by atoms with Crippen LogP contribution in [0.5, 0.6) is 0 Å². The Hall–Kier alpha value is -1.14. The first-order valence-electron chi connectivity index (χ1n) is 5.39. The van der Waals surface area contributed by atoms with Crippen molar-refractivity contribution >= 4 is 45.5 Å². The quantitative estimate of drug-likeness (QED) is 0.370. The van der Waals surface area contributed by atoms with Crippen molar-refractivity contribution in [1.82, 2.24) is 0 Å². The van der Waals surface area contributed by atoms with Crippen LogP contribution in [0, 0.1) is 0 Å². The van der Waals surface area contributed by atoms with Crippen LogP contribution in [0.25, 0.3) is 0 Å². The highest BCUT2D eigenvalue weighted by molar-refractivity contribution is 9.09. The van der Waals surface area contributed by atoms with Crippen molar-refractivity contribution in [3.63, 3.8) is 0 Å². The number of ether oxygens (including phenoxy) is 1.